The molecule has 0 aliphatic heterocycles. The van der Waals surface area contributed by atoms with E-state index in [1.807, 2.05) is 31.2 Å². The van der Waals surface area contributed by atoms with Gasteiger partial charge in [-0.25, -0.2) is 4.90 Å². The molecule has 162 valence electrons. The van der Waals surface area contributed by atoms with E-state index in [2.05, 4.69) is 29.0 Å². The molecule has 0 aliphatic rings. The molecule has 0 fully saturated rings. The highest BCUT2D eigenvalue weighted by molar-refractivity contribution is 6.30. The van der Waals surface area contributed by atoms with Crippen LogP contribution >= 0.6 is 11.6 Å². The molecule has 7 heteroatoms. The normalized spacial score (nSPS) is 11.0. The van der Waals surface area contributed by atoms with Crippen LogP contribution in [-0.2, 0) is 16.0 Å². The summed E-state index contributed by atoms with van der Waals surface area (Å²) < 4.78 is 0. The minimum atomic E-state index is -0.264. The zero-order valence-electron chi connectivity index (χ0n) is 18.1. The Balaban J connectivity index is 1.86. The zero-order chi connectivity index (χ0) is 22.4. The maximum Gasteiger partial charge on any atom is 0.235 e. The highest BCUT2D eigenvalue weighted by Gasteiger charge is 2.28. The Hall–Kier alpha value is -2.99. The van der Waals surface area contributed by atoms with Crippen LogP contribution in [0, 0.1) is 12.8 Å². The molecule has 2 aromatic heterocycles. The van der Waals surface area contributed by atoms with E-state index in [9.17, 15) is 9.59 Å². The van der Waals surface area contributed by atoms with Crippen molar-refractivity contribution in [3.8, 4) is 11.3 Å². The number of nitrogens with zero attached hydrogens (tertiary/aromatic N) is 3. The minimum absolute atomic E-state index is 0.200. The van der Waals surface area contributed by atoms with E-state index < -0.39 is 0 Å². The molecule has 0 saturated heterocycles. The van der Waals surface area contributed by atoms with Gasteiger partial charge in [-0.3, -0.25) is 19.7 Å². The molecule has 31 heavy (non-hydrogen) atoms. The number of benzene rings is 1. The lowest BCUT2D eigenvalue weighted by Crippen LogP contribution is -2.38. The molecular weight excluding hydrogens is 412 g/mol. The molecule has 0 unspecified atom stereocenters. The van der Waals surface area contributed by atoms with Gasteiger partial charge in [0.15, 0.2) is 5.82 Å². The maximum absolute atomic E-state index is 13.2. The number of H-pyrrole nitrogens is 1. The van der Waals surface area contributed by atoms with Gasteiger partial charge in [0.05, 0.1) is 5.69 Å². The second-order valence-corrected chi connectivity index (χ2v) is 8.40. The molecule has 6 nitrogen and oxygen atoms in total. The summed E-state index contributed by atoms with van der Waals surface area (Å²) in [7, 11) is 0. The van der Waals surface area contributed by atoms with Gasteiger partial charge in [0.2, 0.25) is 11.8 Å². The smallest absolute Gasteiger partial charge is 0.235 e. The number of amides is 2. The summed E-state index contributed by atoms with van der Waals surface area (Å²) in [4.78, 5) is 31.5. The van der Waals surface area contributed by atoms with Crippen molar-refractivity contribution in [1.29, 1.82) is 0 Å². The number of nitrogens with one attached hydrogen (secondary N) is 1. The van der Waals surface area contributed by atoms with E-state index in [1.54, 1.807) is 24.5 Å². The molecule has 3 rings (SSSR count). The predicted octanol–water partition coefficient (Wildman–Crippen LogP) is 5.36. The summed E-state index contributed by atoms with van der Waals surface area (Å²) in [6.07, 6.45) is 5.11. The average Bonchev–Trinajstić information content (AvgIpc) is 3.13. The van der Waals surface area contributed by atoms with E-state index in [-0.39, 0.29) is 18.2 Å². The summed E-state index contributed by atoms with van der Waals surface area (Å²) >= 11 is 5.94. The van der Waals surface area contributed by atoms with E-state index in [4.69, 9.17) is 11.6 Å². The predicted molar refractivity (Wildman–Crippen MR) is 123 cm³/mol. The summed E-state index contributed by atoms with van der Waals surface area (Å²) in [6, 6.07) is 11.1. The average molecular weight is 439 g/mol. The number of carbonyl (C=O) groups excluding carboxylic acids is 2. The van der Waals surface area contributed by atoms with Crippen molar-refractivity contribution in [2.75, 3.05) is 4.90 Å². The van der Waals surface area contributed by atoms with Crippen LogP contribution in [-0.4, -0.2) is 27.0 Å². The molecular formula is C24H27ClN4O2. The van der Waals surface area contributed by atoms with Gasteiger partial charge < -0.3 is 0 Å². The van der Waals surface area contributed by atoms with Crippen molar-refractivity contribution < 1.29 is 9.59 Å². The van der Waals surface area contributed by atoms with Crippen LogP contribution in [0.25, 0.3) is 11.3 Å². The first kappa shape index (κ1) is 22.7. The number of aromatic amines is 1. The number of hydrogen-bond donors (Lipinski definition) is 1. The number of imide groups is 1. The Labute approximate surface area is 187 Å². The summed E-state index contributed by atoms with van der Waals surface area (Å²) in [5, 5.41) is 7.99. The first-order valence-electron chi connectivity index (χ1n) is 10.4. The van der Waals surface area contributed by atoms with Crippen LogP contribution in [0.15, 0.2) is 48.8 Å². The third-order valence-electron chi connectivity index (χ3n) is 5.14. The topological polar surface area (TPSA) is 79.0 Å². The Morgan fingerprint density at radius 2 is 1.68 bits per heavy atom. The van der Waals surface area contributed by atoms with Crippen LogP contribution in [0.1, 0.15) is 44.2 Å². The lowest BCUT2D eigenvalue weighted by molar-refractivity contribution is -0.126. The van der Waals surface area contributed by atoms with Gasteiger partial charge in [-0.1, -0.05) is 37.6 Å². The second kappa shape index (κ2) is 10.4. The van der Waals surface area contributed by atoms with E-state index in [0.717, 1.165) is 22.4 Å². The first-order chi connectivity index (χ1) is 14.9. The molecule has 0 spiro atoms. The molecule has 0 radical (unpaired) electrons. The zero-order valence-corrected chi connectivity index (χ0v) is 18.8. The molecule has 0 saturated carbocycles. The number of pyridine rings is 1. The number of aryl methyl sites for hydroxylation is 1. The van der Waals surface area contributed by atoms with Crippen molar-refractivity contribution in [3.05, 3.63) is 64.9 Å². The van der Waals surface area contributed by atoms with E-state index in [0.29, 0.717) is 36.0 Å². The number of carbonyl (C=O) groups is 2. The van der Waals surface area contributed by atoms with Gasteiger partial charge in [-0.2, -0.15) is 5.10 Å². The fraction of sp³-hybridized carbons (Fsp3) is 0.333. The van der Waals surface area contributed by atoms with Crippen molar-refractivity contribution in [3.63, 3.8) is 0 Å². The fourth-order valence-corrected chi connectivity index (χ4v) is 3.45. The van der Waals surface area contributed by atoms with Crippen molar-refractivity contribution in [2.24, 2.45) is 5.92 Å². The van der Waals surface area contributed by atoms with Crippen LogP contribution in [0.3, 0.4) is 0 Å². The lowest BCUT2D eigenvalue weighted by atomic mass is 10.1. The second-order valence-electron chi connectivity index (χ2n) is 7.96. The molecule has 2 amide bonds. The largest absolute Gasteiger partial charge is 0.275 e. The van der Waals surface area contributed by atoms with Crippen LogP contribution in [0.4, 0.5) is 5.82 Å². The highest BCUT2D eigenvalue weighted by Crippen LogP contribution is 2.29. The molecule has 2 heterocycles. The third kappa shape index (κ3) is 5.79. The Bertz CT molecular complexity index is 1030. The molecule has 0 atom stereocenters. The van der Waals surface area contributed by atoms with Crippen molar-refractivity contribution in [2.45, 2.75) is 46.5 Å². The Morgan fingerprint density at radius 1 is 1.03 bits per heavy atom. The van der Waals surface area contributed by atoms with Crippen molar-refractivity contribution >= 4 is 29.2 Å². The molecule has 3 aromatic rings. The van der Waals surface area contributed by atoms with Crippen LogP contribution < -0.4 is 4.90 Å². The molecule has 1 N–H and O–H groups in total. The third-order valence-corrected chi connectivity index (χ3v) is 5.39. The number of aromatic nitrogens is 3. The summed E-state index contributed by atoms with van der Waals surface area (Å²) in [5.41, 5.74) is 3.41. The van der Waals surface area contributed by atoms with Crippen LogP contribution in [0.5, 0.6) is 0 Å². The van der Waals surface area contributed by atoms with Gasteiger partial charge in [0.1, 0.15) is 0 Å². The SMILES string of the molecule is Cc1c(N(C(=O)CCc2ccc(Cl)cc2)C(=O)CCC(C)C)n[nH]c1-c1ccncc1. The van der Waals surface area contributed by atoms with Gasteiger partial charge >= 0.3 is 0 Å². The minimum Gasteiger partial charge on any atom is -0.275 e. The first-order valence-corrected chi connectivity index (χ1v) is 10.8. The summed E-state index contributed by atoms with van der Waals surface area (Å²) in [6.45, 7) is 5.98. The summed E-state index contributed by atoms with van der Waals surface area (Å²) in [5.74, 6) is 0.231. The van der Waals surface area contributed by atoms with Crippen molar-refractivity contribution in [1.82, 2.24) is 15.2 Å². The number of hydrogen-bond acceptors (Lipinski definition) is 4. The lowest BCUT2D eigenvalue weighted by Gasteiger charge is -2.20. The fourth-order valence-electron chi connectivity index (χ4n) is 3.32. The number of rotatable bonds is 8. The van der Waals surface area contributed by atoms with Gasteiger partial charge in [0.25, 0.3) is 0 Å². The quantitative estimate of drug-likeness (QED) is 0.513. The standard InChI is InChI=1S/C24H27ClN4O2/c1-16(2)4-10-21(30)29(22(31)11-7-18-5-8-20(25)9-6-18)24-17(3)23(27-28-24)19-12-14-26-15-13-19/h5-6,8-9,12-16H,4,7,10-11H2,1-3H3,(H,27,28). The highest BCUT2D eigenvalue weighted by atomic mass is 35.5. The van der Waals surface area contributed by atoms with Gasteiger partial charge in [0, 0.05) is 41.4 Å². The number of anilines is 1. The maximum atomic E-state index is 13.2. The van der Waals surface area contributed by atoms with E-state index >= 15 is 0 Å². The molecule has 1 aromatic carbocycles. The van der Waals surface area contributed by atoms with Gasteiger partial charge in [-0.15, -0.1) is 0 Å². The number of halogens is 1. The monoisotopic (exact) mass is 438 g/mol. The molecule has 0 aliphatic carbocycles. The van der Waals surface area contributed by atoms with Gasteiger partial charge in [-0.05, 0) is 55.5 Å². The molecule has 0 bridgehead atoms. The Morgan fingerprint density at radius 3 is 2.32 bits per heavy atom. The van der Waals surface area contributed by atoms with Crippen LogP contribution in [0.2, 0.25) is 5.02 Å². The Kier molecular flexibility index (Phi) is 7.58. The van der Waals surface area contributed by atoms with E-state index in [1.165, 1.54) is 4.90 Å².